The van der Waals surface area contributed by atoms with Crippen molar-refractivity contribution < 1.29 is 19.0 Å². The van der Waals surface area contributed by atoms with Crippen molar-refractivity contribution >= 4 is 5.91 Å². The second-order valence-corrected chi connectivity index (χ2v) is 6.69. The summed E-state index contributed by atoms with van der Waals surface area (Å²) in [5.74, 6) is 2.04. The van der Waals surface area contributed by atoms with Crippen LogP contribution in [0.15, 0.2) is 18.2 Å². The van der Waals surface area contributed by atoms with Gasteiger partial charge in [0.05, 0.1) is 25.7 Å². The van der Waals surface area contributed by atoms with Gasteiger partial charge in [0.25, 0.3) is 0 Å². The average Bonchev–Trinajstić information content (AvgIpc) is 2.80. The Morgan fingerprint density at radius 1 is 1.17 bits per heavy atom. The number of hydrogen-bond donors (Lipinski definition) is 0. The summed E-state index contributed by atoms with van der Waals surface area (Å²) < 4.78 is 16.5. The van der Waals surface area contributed by atoms with E-state index in [4.69, 9.17) is 14.2 Å². The minimum Gasteiger partial charge on any atom is -0.454 e. The van der Waals surface area contributed by atoms with Crippen LogP contribution in [0, 0.1) is 5.92 Å². The fourth-order valence-corrected chi connectivity index (χ4v) is 3.71. The van der Waals surface area contributed by atoms with Crippen LogP contribution in [0.3, 0.4) is 0 Å². The van der Waals surface area contributed by atoms with E-state index in [0.717, 1.165) is 43.3 Å². The van der Waals surface area contributed by atoms with Crippen molar-refractivity contribution in [1.29, 1.82) is 0 Å². The number of carbonyl (C=O) groups excluding carboxylic acids is 1. The lowest BCUT2D eigenvalue weighted by molar-refractivity contribution is -0.133. The van der Waals surface area contributed by atoms with Crippen LogP contribution in [0.2, 0.25) is 0 Å². The van der Waals surface area contributed by atoms with Crippen LogP contribution in [0.25, 0.3) is 0 Å². The molecule has 1 amide bonds. The topological polar surface area (TPSA) is 51.2 Å². The predicted molar refractivity (Wildman–Crippen MR) is 83.6 cm³/mol. The molecular weight excluding hydrogens is 296 g/mol. The molecule has 0 unspecified atom stereocenters. The Bertz CT molecular complexity index is 606. The zero-order chi connectivity index (χ0) is 15.8. The molecule has 2 atom stereocenters. The van der Waals surface area contributed by atoms with Crippen LogP contribution in [-0.2, 0) is 16.0 Å². The van der Waals surface area contributed by atoms with Crippen LogP contribution >= 0.6 is 0 Å². The number of amides is 1. The van der Waals surface area contributed by atoms with Gasteiger partial charge >= 0.3 is 0 Å². The van der Waals surface area contributed by atoms with Gasteiger partial charge in [-0.15, -0.1) is 0 Å². The van der Waals surface area contributed by atoms with E-state index in [9.17, 15) is 4.79 Å². The molecule has 3 heterocycles. The highest BCUT2D eigenvalue weighted by Gasteiger charge is 2.34. The van der Waals surface area contributed by atoms with Gasteiger partial charge in [-0.1, -0.05) is 6.07 Å². The van der Waals surface area contributed by atoms with E-state index < -0.39 is 0 Å². The van der Waals surface area contributed by atoms with Crippen molar-refractivity contribution in [3.05, 3.63) is 23.8 Å². The Morgan fingerprint density at radius 3 is 2.96 bits per heavy atom. The molecule has 6 heteroatoms. The van der Waals surface area contributed by atoms with Crippen molar-refractivity contribution in [3.63, 3.8) is 0 Å². The molecule has 6 nitrogen and oxygen atoms in total. The summed E-state index contributed by atoms with van der Waals surface area (Å²) in [4.78, 5) is 17.2. The van der Waals surface area contributed by atoms with Crippen molar-refractivity contribution in [3.8, 4) is 11.5 Å². The summed E-state index contributed by atoms with van der Waals surface area (Å²) >= 11 is 0. The standard InChI is InChI=1S/C17H22N2O4/c1-18-6-13-7-19(14(8-18)10-21-9-13)17(20)5-12-2-3-15-16(4-12)23-11-22-15/h2-4,13-14H,5-11H2,1H3/t13-,14-/m0/s1. The second kappa shape index (κ2) is 6.02. The Hall–Kier alpha value is -1.79. The number of hydrogen-bond acceptors (Lipinski definition) is 5. The smallest absolute Gasteiger partial charge is 0.231 e. The van der Waals surface area contributed by atoms with Gasteiger partial charge < -0.3 is 24.0 Å². The normalized spacial score (nSPS) is 26.9. The summed E-state index contributed by atoms with van der Waals surface area (Å²) in [5, 5.41) is 0. The first-order valence-corrected chi connectivity index (χ1v) is 8.13. The summed E-state index contributed by atoms with van der Waals surface area (Å²) in [6.07, 6.45) is 0.392. The first-order valence-electron chi connectivity index (χ1n) is 8.13. The van der Waals surface area contributed by atoms with E-state index in [1.54, 1.807) is 0 Å². The van der Waals surface area contributed by atoms with Crippen LogP contribution in [0.1, 0.15) is 5.56 Å². The molecule has 4 rings (SSSR count). The SMILES string of the molecule is CN1C[C@@H]2COC[C@H](C1)N(C(=O)Cc1ccc3c(c1)OCO3)C2. The highest BCUT2D eigenvalue weighted by molar-refractivity contribution is 5.79. The minimum atomic E-state index is 0.147. The third-order valence-electron chi connectivity index (χ3n) is 4.76. The van der Waals surface area contributed by atoms with Gasteiger partial charge in [0, 0.05) is 25.6 Å². The predicted octanol–water partition coefficient (Wildman–Crippen LogP) is 0.747. The zero-order valence-corrected chi connectivity index (χ0v) is 13.4. The summed E-state index contributed by atoms with van der Waals surface area (Å²) in [6, 6.07) is 5.88. The molecule has 2 fully saturated rings. The molecule has 1 aromatic rings. The van der Waals surface area contributed by atoms with E-state index in [2.05, 4.69) is 11.9 Å². The van der Waals surface area contributed by atoms with Crippen LogP contribution in [0.4, 0.5) is 0 Å². The van der Waals surface area contributed by atoms with E-state index in [0.29, 0.717) is 18.9 Å². The maximum absolute atomic E-state index is 12.8. The fraction of sp³-hybridized carbons (Fsp3) is 0.588. The van der Waals surface area contributed by atoms with Gasteiger partial charge in [0.15, 0.2) is 11.5 Å². The summed E-state index contributed by atoms with van der Waals surface area (Å²) in [6.45, 7) is 4.29. The van der Waals surface area contributed by atoms with Crippen molar-refractivity contribution in [2.75, 3.05) is 46.7 Å². The van der Waals surface area contributed by atoms with Crippen LogP contribution < -0.4 is 9.47 Å². The van der Waals surface area contributed by atoms with Crippen molar-refractivity contribution in [1.82, 2.24) is 9.80 Å². The third kappa shape index (κ3) is 3.01. The fourth-order valence-electron chi connectivity index (χ4n) is 3.71. The van der Waals surface area contributed by atoms with E-state index >= 15 is 0 Å². The quantitative estimate of drug-likeness (QED) is 0.805. The average molecular weight is 318 g/mol. The molecule has 124 valence electrons. The molecule has 2 saturated heterocycles. The number of rotatable bonds is 2. The third-order valence-corrected chi connectivity index (χ3v) is 4.76. The van der Waals surface area contributed by atoms with Gasteiger partial charge in [-0.25, -0.2) is 0 Å². The number of nitrogens with zero attached hydrogens (tertiary/aromatic N) is 2. The maximum Gasteiger partial charge on any atom is 0.231 e. The Balaban J connectivity index is 1.50. The monoisotopic (exact) mass is 318 g/mol. The number of ether oxygens (including phenoxy) is 3. The Morgan fingerprint density at radius 2 is 2.04 bits per heavy atom. The summed E-state index contributed by atoms with van der Waals surface area (Å²) in [7, 11) is 2.12. The van der Waals surface area contributed by atoms with Gasteiger partial charge in [-0.3, -0.25) is 4.79 Å². The summed E-state index contributed by atoms with van der Waals surface area (Å²) in [5.41, 5.74) is 0.965. The van der Waals surface area contributed by atoms with E-state index in [1.165, 1.54) is 0 Å². The molecule has 0 spiro atoms. The molecule has 2 bridgehead atoms. The Kier molecular flexibility index (Phi) is 3.87. The van der Waals surface area contributed by atoms with Gasteiger partial charge in [0.1, 0.15) is 0 Å². The van der Waals surface area contributed by atoms with Crippen molar-refractivity contribution in [2.45, 2.75) is 12.5 Å². The molecule has 0 aliphatic carbocycles. The van der Waals surface area contributed by atoms with Gasteiger partial charge in [-0.2, -0.15) is 0 Å². The molecule has 23 heavy (non-hydrogen) atoms. The first-order chi connectivity index (χ1) is 11.2. The van der Waals surface area contributed by atoms with Crippen LogP contribution in [0.5, 0.6) is 11.5 Å². The highest BCUT2D eigenvalue weighted by atomic mass is 16.7. The lowest BCUT2D eigenvalue weighted by Crippen LogP contribution is -2.46. The Labute approximate surface area is 135 Å². The molecule has 0 saturated carbocycles. The van der Waals surface area contributed by atoms with Crippen molar-refractivity contribution in [2.24, 2.45) is 5.92 Å². The first kappa shape index (κ1) is 14.8. The largest absolute Gasteiger partial charge is 0.454 e. The molecule has 0 radical (unpaired) electrons. The molecular formula is C17H22N2O4. The zero-order valence-electron chi connectivity index (χ0n) is 13.4. The van der Waals surface area contributed by atoms with E-state index in [-0.39, 0.29) is 18.7 Å². The number of benzene rings is 1. The van der Waals surface area contributed by atoms with E-state index in [1.807, 2.05) is 23.1 Å². The number of likely N-dealkylation sites (N-methyl/N-ethyl adjacent to an activating group) is 1. The minimum absolute atomic E-state index is 0.147. The van der Waals surface area contributed by atoms with Crippen LogP contribution in [-0.4, -0.2) is 68.4 Å². The second-order valence-electron chi connectivity index (χ2n) is 6.69. The number of fused-ring (bicyclic) bond motifs is 4. The lowest BCUT2D eigenvalue weighted by Gasteiger charge is -2.29. The highest BCUT2D eigenvalue weighted by Crippen LogP contribution is 2.32. The lowest BCUT2D eigenvalue weighted by atomic mass is 10.1. The van der Waals surface area contributed by atoms with Gasteiger partial charge in [-0.05, 0) is 24.7 Å². The molecule has 3 aliphatic rings. The molecule has 1 aromatic carbocycles. The molecule has 0 aromatic heterocycles. The molecule has 3 aliphatic heterocycles. The van der Waals surface area contributed by atoms with Gasteiger partial charge in [0.2, 0.25) is 12.7 Å². The maximum atomic E-state index is 12.8. The number of carbonyl (C=O) groups is 1. The molecule has 0 N–H and O–H groups in total.